The van der Waals surface area contributed by atoms with Crippen LogP contribution in [0.25, 0.3) is 0 Å². The summed E-state index contributed by atoms with van der Waals surface area (Å²) in [6.45, 7) is 1.56. The molecule has 0 bridgehead atoms. The second-order valence-corrected chi connectivity index (χ2v) is 3.94. The van der Waals surface area contributed by atoms with Gasteiger partial charge in [0.05, 0.1) is 33.5 Å². The molecule has 0 heterocycles. The van der Waals surface area contributed by atoms with Crippen LogP contribution in [0.5, 0.6) is 17.2 Å². The standard InChI is InChI=1S/C13H19NO5/c1-8(7-15)14-13(16)9-5-6-10(17-2)12(19-4)11(9)18-3/h5-6,8,15H,7H2,1-4H3,(H,14,16)/t8-/m0/s1. The Hall–Kier alpha value is -1.95. The molecule has 0 unspecified atom stereocenters. The summed E-state index contributed by atoms with van der Waals surface area (Å²) >= 11 is 0. The van der Waals surface area contributed by atoms with E-state index in [4.69, 9.17) is 19.3 Å². The van der Waals surface area contributed by atoms with E-state index in [0.29, 0.717) is 22.8 Å². The first kappa shape index (κ1) is 15.1. The quantitative estimate of drug-likeness (QED) is 0.799. The molecule has 1 aromatic rings. The maximum absolute atomic E-state index is 12.1. The van der Waals surface area contributed by atoms with Gasteiger partial charge in [0.25, 0.3) is 5.91 Å². The normalized spacial score (nSPS) is 11.6. The van der Waals surface area contributed by atoms with Crippen LogP contribution in [-0.2, 0) is 0 Å². The van der Waals surface area contributed by atoms with Crippen LogP contribution in [0, 0.1) is 0 Å². The smallest absolute Gasteiger partial charge is 0.255 e. The SMILES string of the molecule is COc1ccc(C(=O)N[C@@H](C)CO)c(OC)c1OC. The van der Waals surface area contributed by atoms with E-state index in [0.717, 1.165) is 0 Å². The zero-order valence-corrected chi connectivity index (χ0v) is 11.5. The number of carbonyl (C=O) groups is 1. The Bertz CT molecular complexity index is 447. The number of hydrogen-bond donors (Lipinski definition) is 2. The number of carbonyl (C=O) groups excluding carboxylic acids is 1. The molecule has 0 aromatic heterocycles. The number of rotatable bonds is 6. The minimum absolute atomic E-state index is 0.138. The highest BCUT2D eigenvalue weighted by atomic mass is 16.5. The second-order valence-electron chi connectivity index (χ2n) is 3.94. The first-order chi connectivity index (χ1) is 9.08. The molecule has 0 aliphatic rings. The van der Waals surface area contributed by atoms with E-state index in [-0.39, 0.29) is 18.6 Å². The lowest BCUT2D eigenvalue weighted by Gasteiger charge is -2.17. The first-order valence-electron chi connectivity index (χ1n) is 5.79. The van der Waals surface area contributed by atoms with Crippen LogP contribution in [0.1, 0.15) is 17.3 Å². The van der Waals surface area contributed by atoms with E-state index < -0.39 is 0 Å². The van der Waals surface area contributed by atoms with Gasteiger partial charge in [0, 0.05) is 6.04 Å². The number of aliphatic hydroxyl groups is 1. The molecule has 106 valence electrons. The van der Waals surface area contributed by atoms with E-state index in [2.05, 4.69) is 5.32 Å². The Kier molecular flexibility index (Phi) is 5.44. The maximum Gasteiger partial charge on any atom is 0.255 e. The lowest BCUT2D eigenvalue weighted by atomic mass is 10.1. The van der Waals surface area contributed by atoms with Crippen LogP contribution in [0.3, 0.4) is 0 Å². The molecular weight excluding hydrogens is 250 g/mol. The highest BCUT2D eigenvalue weighted by Gasteiger charge is 2.21. The molecule has 2 N–H and O–H groups in total. The van der Waals surface area contributed by atoms with E-state index >= 15 is 0 Å². The number of hydrogen-bond acceptors (Lipinski definition) is 5. The molecule has 0 fully saturated rings. The van der Waals surface area contributed by atoms with Gasteiger partial charge in [0.2, 0.25) is 5.75 Å². The van der Waals surface area contributed by atoms with Crippen molar-refractivity contribution >= 4 is 5.91 Å². The van der Waals surface area contributed by atoms with Crippen LogP contribution >= 0.6 is 0 Å². The van der Waals surface area contributed by atoms with Gasteiger partial charge in [-0.2, -0.15) is 0 Å². The van der Waals surface area contributed by atoms with Crippen LogP contribution in [0.15, 0.2) is 12.1 Å². The fourth-order valence-corrected chi connectivity index (χ4v) is 1.63. The zero-order chi connectivity index (χ0) is 14.4. The third-order valence-corrected chi connectivity index (χ3v) is 2.60. The van der Waals surface area contributed by atoms with Gasteiger partial charge < -0.3 is 24.6 Å². The van der Waals surface area contributed by atoms with E-state index in [1.54, 1.807) is 19.1 Å². The van der Waals surface area contributed by atoms with Gasteiger partial charge in [0.1, 0.15) is 0 Å². The van der Waals surface area contributed by atoms with Gasteiger partial charge in [-0.3, -0.25) is 4.79 Å². The molecule has 6 heteroatoms. The predicted octanol–water partition coefficient (Wildman–Crippen LogP) is 0.823. The Morgan fingerprint density at radius 1 is 1.21 bits per heavy atom. The molecule has 1 rings (SSSR count). The Balaban J connectivity index is 3.17. The summed E-state index contributed by atoms with van der Waals surface area (Å²) in [6, 6.07) is 2.87. The van der Waals surface area contributed by atoms with Gasteiger partial charge in [0.15, 0.2) is 11.5 Å². The summed E-state index contributed by atoms with van der Waals surface area (Å²) in [5.74, 6) is 0.782. The summed E-state index contributed by atoms with van der Waals surface area (Å²) in [4.78, 5) is 12.1. The average Bonchev–Trinajstić information content (AvgIpc) is 2.44. The molecule has 19 heavy (non-hydrogen) atoms. The lowest BCUT2D eigenvalue weighted by Crippen LogP contribution is -2.35. The molecule has 1 aromatic carbocycles. The van der Waals surface area contributed by atoms with E-state index in [1.807, 2.05) is 0 Å². The van der Waals surface area contributed by atoms with Crippen molar-refractivity contribution in [3.63, 3.8) is 0 Å². The van der Waals surface area contributed by atoms with E-state index in [1.165, 1.54) is 21.3 Å². The Morgan fingerprint density at radius 3 is 2.32 bits per heavy atom. The molecule has 1 atom stereocenters. The molecule has 0 radical (unpaired) electrons. The second kappa shape index (κ2) is 6.84. The van der Waals surface area contributed by atoms with Crippen molar-refractivity contribution in [2.75, 3.05) is 27.9 Å². The number of nitrogens with one attached hydrogen (secondary N) is 1. The number of amides is 1. The lowest BCUT2D eigenvalue weighted by molar-refractivity contribution is 0.0918. The molecule has 1 amide bonds. The Morgan fingerprint density at radius 2 is 1.84 bits per heavy atom. The summed E-state index contributed by atoms with van der Waals surface area (Å²) in [6.07, 6.45) is 0. The van der Waals surface area contributed by atoms with Crippen molar-refractivity contribution in [3.05, 3.63) is 17.7 Å². The van der Waals surface area contributed by atoms with E-state index in [9.17, 15) is 4.79 Å². The van der Waals surface area contributed by atoms with Crippen molar-refractivity contribution < 1.29 is 24.1 Å². The van der Waals surface area contributed by atoms with Crippen LogP contribution < -0.4 is 19.5 Å². The highest BCUT2D eigenvalue weighted by molar-refractivity contribution is 5.98. The van der Waals surface area contributed by atoms with Crippen molar-refractivity contribution in [3.8, 4) is 17.2 Å². The first-order valence-corrected chi connectivity index (χ1v) is 5.79. The van der Waals surface area contributed by atoms with Gasteiger partial charge in [-0.05, 0) is 19.1 Å². The Labute approximate surface area is 112 Å². The minimum Gasteiger partial charge on any atom is -0.493 e. The fraction of sp³-hybridized carbons (Fsp3) is 0.462. The molecule has 6 nitrogen and oxygen atoms in total. The fourth-order valence-electron chi connectivity index (χ4n) is 1.63. The monoisotopic (exact) mass is 269 g/mol. The molecule has 0 saturated carbocycles. The molecule has 0 aliphatic heterocycles. The van der Waals surface area contributed by atoms with Crippen LogP contribution in [-0.4, -0.2) is 45.0 Å². The van der Waals surface area contributed by atoms with Gasteiger partial charge in [-0.15, -0.1) is 0 Å². The number of aliphatic hydroxyl groups excluding tert-OH is 1. The number of benzene rings is 1. The zero-order valence-electron chi connectivity index (χ0n) is 11.5. The highest BCUT2D eigenvalue weighted by Crippen LogP contribution is 2.39. The summed E-state index contributed by atoms with van der Waals surface area (Å²) < 4.78 is 15.6. The predicted molar refractivity (Wildman–Crippen MR) is 70.1 cm³/mol. The summed E-state index contributed by atoms with van der Waals surface area (Å²) in [7, 11) is 4.42. The molecule has 0 aliphatic carbocycles. The molecule has 0 saturated heterocycles. The summed E-state index contributed by atoms with van der Waals surface area (Å²) in [5.41, 5.74) is 0.320. The summed E-state index contributed by atoms with van der Waals surface area (Å²) in [5, 5.41) is 11.6. The van der Waals surface area contributed by atoms with Gasteiger partial charge >= 0.3 is 0 Å². The van der Waals surface area contributed by atoms with Crippen LogP contribution in [0.4, 0.5) is 0 Å². The van der Waals surface area contributed by atoms with Gasteiger partial charge in [-0.25, -0.2) is 0 Å². The third-order valence-electron chi connectivity index (χ3n) is 2.60. The molecular formula is C13H19NO5. The van der Waals surface area contributed by atoms with Crippen molar-refractivity contribution in [1.82, 2.24) is 5.32 Å². The van der Waals surface area contributed by atoms with Gasteiger partial charge in [-0.1, -0.05) is 0 Å². The van der Waals surface area contributed by atoms with Crippen molar-refractivity contribution in [2.45, 2.75) is 13.0 Å². The average molecular weight is 269 g/mol. The number of methoxy groups -OCH3 is 3. The van der Waals surface area contributed by atoms with Crippen molar-refractivity contribution in [1.29, 1.82) is 0 Å². The maximum atomic E-state index is 12.1. The molecule has 0 spiro atoms. The van der Waals surface area contributed by atoms with Crippen LogP contribution in [0.2, 0.25) is 0 Å². The minimum atomic E-state index is -0.348. The third kappa shape index (κ3) is 3.29. The number of ether oxygens (including phenoxy) is 3. The largest absolute Gasteiger partial charge is 0.493 e. The van der Waals surface area contributed by atoms with Crippen molar-refractivity contribution in [2.24, 2.45) is 0 Å². The topological polar surface area (TPSA) is 77.0 Å².